The molecular weight excluding hydrogens is 236 g/mol. The van der Waals surface area contributed by atoms with Crippen LogP contribution in [0, 0.1) is 5.92 Å². The molecule has 0 aromatic carbocycles. The molecule has 17 heavy (non-hydrogen) atoms. The second-order valence-electron chi connectivity index (χ2n) is 5.47. The molecule has 2 unspecified atom stereocenters. The van der Waals surface area contributed by atoms with Crippen molar-refractivity contribution in [2.75, 3.05) is 31.1 Å². The van der Waals surface area contributed by atoms with Crippen LogP contribution in [0.4, 0.5) is 0 Å². The van der Waals surface area contributed by atoms with E-state index >= 15 is 0 Å². The molecule has 0 aromatic heterocycles. The lowest BCUT2D eigenvalue weighted by Crippen LogP contribution is -2.42. The van der Waals surface area contributed by atoms with Crippen molar-refractivity contribution in [3.8, 4) is 0 Å². The van der Waals surface area contributed by atoms with Crippen LogP contribution in [0.3, 0.4) is 0 Å². The maximum atomic E-state index is 11.3. The van der Waals surface area contributed by atoms with Crippen molar-refractivity contribution in [3.05, 3.63) is 0 Å². The topological polar surface area (TPSA) is 63.4 Å². The van der Waals surface area contributed by atoms with E-state index in [4.69, 9.17) is 5.73 Å². The second kappa shape index (κ2) is 6.71. The van der Waals surface area contributed by atoms with Crippen LogP contribution in [0.5, 0.6) is 0 Å². The zero-order valence-electron chi connectivity index (χ0n) is 11.1. The van der Waals surface area contributed by atoms with E-state index in [1.54, 1.807) is 0 Å². The number of sulfone groups is 1. The molecule has 1 fully saturated rings. The summed E-state index contributed by atoms with van der Waals surface area (Å²) in [5.41, 5.74) is 5.72. The summed E-state index contributed by atoms with van der Waals surface area (Å²) in [6, 6.07) is 0.294. The van der Waals surface area contributed by atoms with Crippen LogP contribution < -0.4 is 5.73 Å². The number of rotatable bonds is 6. The van der Waals surface area contributed by atoms with Crippen molar-refractivity contribution in [2.45, 2.75) is 39.2 Å². The van der Waals surface area contributed by atoms with Crippen LogP contribution in [0.1, 0.15) is 33.1 Å². The molecular formula is C12H26N2O2S. The van der Waals surface area contributed by atoms with Crippen LogP contribution in [-0.2, 0) is 9.84 Å². The molecule has 1 aliphatic rings. The predicted octanol–water partition coefficient (Wildman–Crippen LogP) is 0.870. The van der Waals surface area contributed by atoms with E-state index in [2.05, 4.69) is 11.8 Å². The summed E-state index contributed by atoms with van der Waals surface area (Å²) < 4.78 is 22.6. The molecule has 4 nitrogen and oxygen atoms in total. The number of hydrogen-bond acceptors (Lipinski definition) is 4. The van der Waals surface area contributed by atoms with Gasteiger partial charge in [0.2, 0.25) is 0 Å². The molecule has 1 saturated heterocycles. The van der Waals surface area contributed by atoms with Crippen molar-refractivity contribution in [2.24, 2.45) is 11.7 Å². The van der Waals surface area contributed by atoms with Gasteiger partial charge in [-0.2, -0.15) is 0 Å². The van der Waals surface area contributed by atoms with Gasteiger partial charge >= 0.3 is 0 Å². The van der Waals surface area contributed by atoms with E-state index in [0.29, 0.717) is 36.6 Å². The largest absolute Gasteiger partial charge is 0.328 e. The van der Waals surface area contributed by atoms with Crippen molar-refractivity contribution >= 4 is 9.84 Å². The van der Waals surface area contributed by atoms with Gasteiger partial charge in [-0.05, 0) is 25.7 Å². The Morgan fingerprint density at radius 2 is 1.76 bits per heavy atom. The third-order valence-corrected chi connectivity index (χ3v) is 4.97. The summed E-state index contributed by atoms with van der Waals surface area (Å²) in [5.74, 6) is 1.30. The Morgan fingerprint density at radius 1 is 1.18 bits per heavy atom. The minimum absolute atomic E-state index is 0.294. The highest BCUT2D eigenvalue weighted by atomic mass is 32.2. The van der Waals surface area contributed by atoms with Gasteiger partial charge in [0.05, 0.1) is 11.5 Å². The number of nitrogens with two attached hydrogens (primary N) is 1. The Balaban J connectivity index is 2.17. The standard InChI is InChI=1S/C12H26N2O2S/c1-11(4-3-5-12(2)13)10-14-6-8-17(15,16)9-7-14/h11-12H,3-10,13H2,1-2H3. The maximum Gasteiger partial charge on any atom is 0.152 e. The molecule has 1 heterocycles. The molecule has 102 valence electrons. The van der Waals surface area contributed by atoms with Gasteiger partial charge in [-0.25, -0.2) is 8.42 Å². The monoisotopic (exact) mass is 262 g/mol. The van der Waals surface area contributed by atoms with Crippen molar-refractivity contribution in [3.63, 3.8) is 0 Å². The molecule has 2 N–H and O–H groups in total. The summed E-state index contributed by atoms with van der Waals surface area (Å²) in [4.78, 5) is 2.28. The highest BCUT2D eigenvalue weighted by molar-refractivity contribution is 7.91. The predicted molar refractivity (Wildman–Crippen MR) is 71.8 cm³/mol. The lowest BCUT2D eigenvalue weighted by atomic mass is 10.0. The van der Waals surface area contributed by atoms with E-state index in [9.17, 15) is 8.42 Å². The average Bonchev–Trinajstić information content (AvgIpc) is 2.21. The molecule has 0 spiro atoms. The highest BCUT2D eigenvalue weighted by Crippen LogP contribution is 2.13. The smallest absolute Gasteiger partial charge is 0.152 e. The summed E-state index contributed by atoms with van der Waals surface area (Å²) >= 11 is 0. The maximum absolute atomic E-state index is 11.3. The van der Waals surface area contributed by atoms with Crippen LogP contribution in [0.25, 0.3) is 0 Å². The van der Waals surface area contributed by atoms with Crippen LogP contribution in [0.2, 0.25) is 0 Å². The van der Waals surface area contributed by atoms with Crippen LogP contribution in [-0.4, -0.2) is 50.5 Å². The fourth-order valence-corrected chi connectivity index (χ4v) is 3.53. The molecule has 1 rings (SSSR count). The van der Waals surface area contributed by atoms with Crippen LogP contribution in [0.15, 0.2) is 0 Å². The van der Waals surface area contributed by atoms with E-state index in [1.807, 2.05) is 6.92 Å². The highest BCUT2D eigenvalue weighted by Gasteiger charge is 2.22. The third kappa shape index (κ3) is 6.38. The molecule has 2 atom stereocenters. The Labute approximate surface area is 105 Å². The van der Waals surface area contributed by atoms with Gasteiger partial charge < -0.3 is 10.6 Å². The molecule has 0 radical (unpaired) electrons. The first-order valence-electron chi connectivity index (χ1n) is 6.57. The molecule has 5 heteroatoms. The zero-order valence-corrected chi connectivity index (χ0v) is 11.9. The average molecular weight is 262 g/mol. The fraction of sp³-hybridized carbons (Fsp3) is 1.00. The van der Waals surface area contributed by atoms with Crippen molar-refractivity contribution in [1.82, 2.24) is 4.90 Å². The van der Waals surface area contributed by atoms with Gasteiger partial charge in [-0.1, -0.05) is 13.3 Å². The number of nitrogens with zero attached hydrogens (tertiary/aromatic N) is 1. The Morgan fingerprint density at radius 3 is 2.29 bits per heavy atom. The molecule has 0 aliphatic carbocycles. The first-order chi connectivity index (χ1) is 7.89. The minimum Gasteiger partial charge on any atom is -0.328 e. The Hall–Kier alpha value is -0.130. The van der Waals surface area contributed by atoms with Gasteiger partial charge in [0, 0.05) is 25.7 Å². The van der Waals surface area contributed by atoms with E-state index in [-0.39, 0.29) is 0 Å². The molecule has 0 bridgehead atoms. The van der Waals surface area contributed by atoms with E-state index in [0.717, 1.165) is 13.0 Å². The zero-order chi connectivity index (χ0) is 12.9. The molecule has 0 saturated carbocycles. The van der Waals surface area contributed by atoms with Gasteiger partial charge in [0.15, 0.2) is 9.84 Å². The quantitative estimate of drug-likeness (QED) is 0.771. The Kier molecular flexibility index (Phi) is 5.89. The first kappa shape index (κ1) is 14.9. The minimum atomic E-state index is -2.74. The Bertz CT molecular complexity index is 300. The van der Waals surface area contributed by atoms with Crippen molar-refractivity contribution in [1.29, 1.82) is 0 Å². The summed E-state index contributed by atoms with van der Waals surface area (Å²) in [5, 5.41) is 0. The van der Waals surface area contributed by atoms with Gasteiger partial charge in [0.1, 0.15) is 0 Å². The van der Waals surface area contributed by atoms with E-state index < -0.39 is 9.84 Å². The summed E-state index contributed by atoms with van der Waals surface area (Å²) in [6.45, 7) is 6.72. The third-order valence-electron chi connectivity index (χ3n) is 3.36. The fourth-order valence-electron chi connectivity index (χ4n) is 2.25. The SMILES string of the molecule is CC(N)CCCC(C)CN1CCS(=O)(=O)CC1. The molecule has 1 aliphatic heterocycles. The van der Waals surface area contributed by atoms with Gasteiger partial charge in [-0.3, -0.25) is 0 Å². The lowest BCUT2D eigenvalue weighted by molar-refractivity contribution is 0.246. The molecule has 0 amide bonds. The second-order valence-corrected chi connectivity index (χ2v) is 7.77. The van der Waals surface area contributed by atoms with Gasteiger partial charge in [-0.15, -0.1) is 0 Å². The first-order valence-corrected chi connectivity index (χ1v) is 8.39. The number of hydrogen-bond donors (Lipinski definition) is 1. The van der Waals surface area contributed by atoms with Gasteiger partial charge in [0.25, 0.3) is 0 Å². The van der Waals surface area contributed by atoms with Crippen LogP contribution >= 0.6 is 0 Å². The lowest BCUT2D eigenvalue weighted by Gasteiger charge is -2.29. The normalized spacial score (nSPS) is 24.4. The van der Waals surface area contributed by atoms with E-state index in [1.165, 1.54) is 12.8 Å². The molecule has 0 aromatic rings. The summed E-state index contributed by atoms with van der Waals surface area (Å²) in [7, 11) is -2.74. The summed E-state index contributed by atoms with van der Waals surface area (Å²) in [6.07, 6.45) is 3.44. The van der Waals surface area contributed by atoms with Crippen molar-refractivity contribution < 1.29 is 8.42 Å².